The Morgan fingerprint density at radius 2 is 1.94 bits per heavy atom. The van der Waals surface area contributed by atoms with E-state index < -0.39 is 11.5 Å². The van der Waals surface area contributed by atoms with E-state index in [0.717, 1.165) is 12.8 Å². The maximum atomic E-state index is 12.2. The van der Waals surface area contributed by atoms with Crippen molar-refractivity contribution >= 4 is 11.7 Å². The molecule has 0 aromatic heterocycles. The van der Waals surface area contributed by atoms with E-state index in [-0.39, 0.29) is 17.7 Å². The molecule has 1 aliphatic rings. The summed E-state index contributed by atoms with van der Waals surface area (Å²) < 4.78 is 0. The largest absolute Gasteiger partial charge is 0.331 e. The minimum absolute atomic E-state index is 0.111. The molecule has 1 saturated heterocycles. The monoisotopic (exact) mass is 226 g/mol. The van der Waals surface area contributed by atoms with Gasteiger partial charge in [0.15, 0.2) is 5.78 Å². The molecule has 2 atom stereocenters. The van der Waals surface area contributed by atoms with Gasteiger partial charge in [-0.25, -0.2) is 0 Å². The lowest BCUT2D eigenvalue weighted by atomic mass is 9.85. The van der Waals surface area contributed by atoms with Crippen molar-refractivity contribution in [3.05, 3.63) is 0 Å². The van der Waals surface area contributed by atoms with E-state index in [1.807, 2.05) is 20.8 Å². The fraction of sp³-hybridized carbons (Fsp3) is 0.833. The fourth-order valence-electron chi connectivity index (χ4n) is 2.06. The Balaban J connectivity index is 2.81. The number of hydrogen-bond acceptors (Lipinski definition) is 3. The van der Waals surface area contributed by atoms with Crippen molar-refractivity contribution in [3.8, 4) is 0 Å². The van der Waals surface area contributed by atoms with Crippen LogP contribution in [-0.4, -0.2) is 35.2 Å². The van der Waals surface area contributed by atoms with E-state index in [0.29, 0.717) is 6.54 Å². The average molecular weight is 226 g/mol. The molecule has 1 rings (SSSR count). The molecule has 4 heteroatoms. The SMILES string of the molecule is C[C@H](N)C(=O)N1CCCC1C(=O)C(C)(C)C. The summed E-state index contributed by atoms with van der Waals surface area (Å²) in [5, 5.41) is 0. The Bertz CT molecular complexity index is 292. The highest BCUT2D eigenvalue weighted by Crippen LogP contribution is 2.26. The highest BCUT2D eigenvalue weighted by Gasteiger charge is 2.39. The summed E-state index contributed by atoms with van der Waals surface area (Å²) in [4.78, 5) is 25.7. The van der Waals surface area contributed by atoms with Crippen LogP contribution >= 0.6 is 0 Å². The summed E-state index contributed by atoms with van der Waals surface area (Å²) in [5.41, 5.74) is 5.19. The lowest BCUT2D eigenvalue weighted by molar-refractivity contribution is -0.141. The number of carbonyl (C=O) groups is 2. The van der Waals surface area contributed by atoms with Crippen molar-refractivity contribution in [2.45, 2.75) is 52.6 Å². The molecule has 0 saturated carbocycles. The minimum Gasteiger partial charge on any atom is -0.331 e. The molecule has 0 aromatic carbocycles. The Kier molecular flexibility index (Phi) is 3.73. The van der Waals surface area contributed by atoms with Crippen molar-refractivity contribution in [1.29, 1.82) is 0 Å². The summed E-state index contributed by atoms with van der Waals surface area (Å²) in [6.45, 7) is 8.00. The third-order valence-electron chi connectivity index (χ3n) is 2.97. The molecule has 0 bridgehead atoms. The molecule has 0 radical (unpaired) electrons. The van der Waals surface area contributed by atoms with Crippen molar-refractivity contribution in [1.82, 2.24) is 4.90 Å². The number of rotatable bonds is 2. The molecule has 1 aliphatic heterocycles. The number of carbonyl (C=O) groups excluding carboxylic acids is 2. The van der Waals surface area contributed by atoms with Crippen LogP contribution in [0.25, 0.3) is 0 Å². The highest BCUT2D eigenvalue weighted by molar-refractivity contribution is 5.93. The molecule has 1 unspecified atom stereocenters. The molecular formula is C12H22N2O2. The summed E-state index contributed by atoms with van der Waals surface area (Å²) in [6, 6.07) is -0.785. The van der Waals surface area contributed by atoms with Crippen LogP contribution in [0.1, 0.15) is 40.5 Å². The van der Waals surface area contributed by atoms with Gasteiger partial charge in [0.25, 0.3) is 0 Å². The molecule has 2 N–H and O–H groups in total. The zero-order valence-corrected chi connectivity index (χ0v) is 10.6. The quantitative estimate of drug-likeness (QED) is 0.762. The predicted molar refractivity (Wildman–Crippen MR) is 62.8 cm³/mol. The molecule has 0 aromatic rings. The first-order chi connectivity index (χ1) is 7.25. The van der Waals surface area contributed by atoms with E-state index in [1.54, 1.807) is 11.8 Å². The van der Waals surface area contributed by atoms with Gasteiger partial charge in [-0.15, -0.1) is 0 Å². The Labute approximate surface area is 97.2 Å². The van der Waals surface area contributed by atoms with Crippen molar-refractivity contribution in [3.63, 3.8) is 0 Å². The van der Waals surface area contributed by atoms with Crippen LogP contribution in [0.5, 0.6) is 0 Å². The van der Waals surface area contributed by atoms with E-state index >= 15 is 0 Å². The van der Waals surface area contributed by atoms with E-state index in [2.05, 4.69) is 0 Å². The molecule has 92 valence electrons. The number of ketones is 1. The first-order valence-electron chi connectivity index (χ1n) is 5.85. The lowest BCUT2D eigenvalue weighted by Crippen LogP contribution is -2.49. The maximum absolute atomic E-state index is 12.2. The third kappa shape index (κ3) is 2.61. The standard InChI is InChI=1S/C12H22N2O2/c1-8(13)11(16)14-7-5-6-9(14)10(15)12(2,3)4/h8-9H,5-7,13H2,1-4H3/t8-,9?/m0/s1. The topological polar surface area (TPSA) is 63.4 Å². The molecular weight excluding hydrogens is 204 g/mol. The molecule has 0 spiro atoms. The van der Waals surface area contributed by atoms with Crippen LogP contribution < -0.4 is 5.73 Å². The van der Waals surface area contributed by atoms with Crippen molar-refractivity contribution < 1.29 is 9.59 Å². The summed E-state index contributed by atoms with van der Waals surface area (Å²) in [6.07, 6.45) is 1.67. The number of Topliss-reactive ketones (excluding diaryl/α,β-unsaturated/α-hetero) is 1. The van der Waals surface area contributed by atoms with E-state index in [4.69, 9.17) is 5.73 Å². The summed E-state index contributed by atoms with van der Waals surface area (Å²) in [5.74, 6) is 0.0269. The average Bonchev–Trinajstić information content (AvgIpc) is 2.61. The number of amides is 1. The van der Waals surface area contributed by atoms with Crippen molar-refractivity contribution in [2.75, 3.05) is 6.54 Å². The summed E-state index contributed by atoms with van der Waals surface area (Å²) >= 11 is 0. The van der Waals surface area contributed by atoms with Crippen LogP contribution in [0, 0.1) is 5.41 Å². The van der Waals surface area contributed by atoms with Gasteiger partial charge in [0, 0.05) is 12.0 Å². The van der Waals surface area contributed by atoms with Crippen LogP contribution in [-0.2, 0) is 9.59 Å². The first-order valence-corrected chi connectivity index (χ1v) is 5.85. The smallest absolute Gasteiger partial charge is 0.239 e. The van der Waals surface area contributed by atoms with Crippen LogP contribution in [0.2, 0.25) is 0 Å². The Morgan fingerprint density at radius 1 is 1.38 bits per heavy atom. The number of nitrogens with zero attached hydrogens (tertiary/aromatic N) is 1. The second kappa shape index (κ2) is 4.53. The molecule has 1 amide bonds. The zero-order chi connectivity index (χ0) is 12.5. The van der Waals surface area contributed by atoms with Gasteiger partial charge in [-0.2, -0.15) is 0 Å². The number of likely N-dealkylation sites (tertiary alicyclic amines) is 1. The lowest BCUT2D eigenvalue weighted by Gasteiger charge is -2.30. The van der Waals surface area contributed by atoms with Crippen LogP contribution in [0.3, 0.4) is 0 Å². The number of hydrogen-bond donors (Lipinski definition) is 1. The van der Waals surface area contributed by atoms with Gasteiger partial charge in [0.2, 0.25) is 5.91 Å². The second-order valence-corrected chi connectivity index (χ2v) is 5.59. The van der Waals surface area contributed by atoms with Gasteiger partial charge in [-0.1, -0.05) is 20.8 Å². The zero-order valence-electron chi connectivity index (χ0n) is 10.6. The Hall–Kier alpha value is -0.900. The third-order valence-corrected chi connectivity index (χ3v) is 2.97. The maximum Gasteiger partial charge on any atom is 0.239 e. The highest BCUT2D eigenvalue weighted by atomic mass is 16.2. The van der Waals surface area contributed by atoms with Crippen LogP contribution in [0.15, 0.2) is 0 Å². The molecule has 4 nitrogen and oxygen atoms in total. The van der Waals surface area contributed by atoms with Crippen LogP contribution in [0.4, 0.5) is 0 Å². The first kappa shape index (κ1) is 13.2. The van der Waals surface area contributed by atoms with Gasteiger partial charge >= 0.3 is 0 Å². The van der Waals surface area contributed by atoms with Gasteiger partial charge in [-0.3, -0.25) is 9.59 Å². The van der Waals surface area contributed by atoms with Crippen molar-refractivity contribution in [2.24, 2.45) is 11.1 Å². The molecule has 0 aliphatic carbocycles. The normalized spacial score (nSPS) is 23.3. The fourth-order valence-corrected chi connectivity index (χ4v) is 2.06. The minimum atomic E-state index is -0.520. The predicted octanol–water partition coefficient (Wildman–Crippen LogP) is 0.940. The number of nitrogens with two attached hydrogens (primary N) is 1. The molecule has 16 heavy (non-hydrogen) atoms. The van der Waals surface area contributed by atoms with E-state index in [9.17, 15) is 9.59 Å². The molecule has 1 heterocycles. The van der Waals surface area contributed by atoms with Gasteiger partial charge in [0.1, 0.15) is 0 Å². The van der Waals surface area contributed by atoms with Gasteiger partial charge < -0.3 is 10.6 Å². The van der Waals surface area contributed by atoms with Gasteiger partial charge in [-0.05, 0) is 19.8 Å². The molecule has 1 fully saturated rings. The second-order valence-electron chi connectivity index (χ2n) is 5.59. The Morgan fingerprint density at radius 3 is 2.38 bits per heavy atom. The van der Waals surface area contributed by atoms with Gasteiger partial charge in [0.05, 0.1) is 12.1 Å². The van der Waals surface area contributed by atoms with E-state index in [1.165, 1.54) is 0 Å². The summed E-state index contributed by atoms with van der Waals surface area (Å²) in [7, 11) is 0.